The first-order valence-electron chi connectivity index (χ1n) is 9.01. The van der Waals surface area contributed by atoms with Crippen molar-refractivity contribution >= 4 is 27.9 Å². The van der Waals surface area contributed by atoms with Crippen LogP contribution in [0.3, 0.4) is 0 Å². The van der Waals surface area contributed by atoms with Crippen LogP contribution < -0.4 is 0 Å². The Balaban J connectivity index is 2.00. The second-order valence-electron chi connectivity index (χ2n) is 6.08. The average molecular weight is 445 g/mol. The normalized spacial score (nSPS) is 10.9. The van der Waals surface area contributed by atoms with E-state index >= 15 is 0 Å². The molecule has 0 aliphatic carbocycles. The van der Waals surface area contributed by atoms with Crippen molar-refractivity contribution < 1.29 is 19.1 Å². The molecule has 1 aromatic carbocycles. The van der Waals surface area contributed by atoms with Crippen molar-refractivity contribution in [3.8, 4) is 0 Å². The molecule has 6 nitrogen and oxygen atoms in total. The summed E-state index contributed by atoms with van der Waals surface area (Å²) in [4.78, 5) is 30.4. The fourth-order valence-electron chi connectivity index (χ4n) is 3.00. The molecule has 0 saturated carbocycles. The van der Waals surface area contributed by atoms with Crippen molar-refractivity contribution in [2.24, 2.45) is 0 Å². The Morgan fingerprint density at radius 3 is 1.71 bits per heavy atom. The number of nitrogens with one attached hydrogen (secondary N) is 2. The zero-order valence-corrected chi connectivity index (χ0v) is 17.2. The molecule has 0 aliphatic heterocycles. The maximum absolute atomic E-state index is 12.0. The highest BCUT2D eigenvalue weighted by molar-refractivity contribution is 9.10. The molecule has 2 aromatic heterocycles. The van der Waals surface area contributed by atoms with Crippen LogP contribution in [0.25, 0.3) is 0 Å². The van der Waals surface area contributed by atoms with E-state index in [9.17, 15) is 9.59 Å². The first kappa shape index (κ1) is 19.9. The molecule has 0 amide bonds. The number of aromatic amines is 2. The van der Waals surface area contributed by atoms with Crippen LogP contribution in [0.5, 0.6) is 0 Å². The molecule has 0 saturated heterocycles. The van der Waals surface area contributed by atoms with E-state index in [2.05, 4.69) is 25.9 Å². The summed E-state index contributed by atoms with van der Waals surface area (Å²) in [5.74, 6) is -1.02. The van der Waals surface area contributed by atoms with E-state index in [1.807, 2.05) is 36.4 Å². The van der Waals surface area contributed by atoms with Gasteiger partial charge in [0.2, 0.25) is 0 Å². The molecule has 0 spiro atoms. The van der Waals surface area contributed by atoms with Gasteiger partial charge in [-0.25, -0.2) is 9.59 Å². The summed E-state index contributed by atoms with van der Waals surface area (Å²) in [7, 11) is 0. The largest absolute Gasteiger partial charge is 0.461 e. The zero-order valence-electron chi connectivity index (χ0n) is 15.6. The van der Waals surface area contributed by atoms with E-state index in [0.717, 1.165) is 21.4 Å². The van der Waals surface area contributed by atoms with Gasteiger partial charge in [0.25, 0.3) is 0 Å². The number of esters is 2. The maximum Gasteiger partial charge on any atom is 0.354 e. The Hall–Kier alpha value is -2.80. The molecule has 28 heavy (non-hydrogen) atoms. The molecule has 3 aromatic rings. The maximum atomic E-state index is 12.0. The van der Waals surface area contributed by atoms with Crippen molar-refractivity contribution in [2.45, 2.75) is 19.8 Å². The number of halogens is 1. The summed E-state index contributed by atoms with van der Waals surface area (Å²) < 4.78 is 11.1. The zero-order chi connectivity index (χ0) is 20.1. The molecule has 0 atom stereocenters. The number of benzene rings is 1. The average Bonchev–Trinajstić information content (AvgIpc) is 3.35. The third-order valence-corrected chi connectivity index (χ3v) is 4.76. The lowest BCUT2D eigenvalue weighted by atomic mass is 9.93. The van der Waals surface area contributed by atoms with Gasteiger partial charge in [-0.2, -0.15) is 0 Å². The quantitative estimate of drug-likeness (QED) is 0.519. The van der Waals surface area contributed by atoms with E-state index in [4.69, 9.17) is 9.47 Å². The fourth-order valence-corrected chi connectivity index (χ4v) is 3.26. The molecule has 0 aliphatic rings. The fraction of sp³-hybridized carbons (Fsp3) is 0.238. The summed E-state index contributed by atoms with van der Waals surface area (Å²) in [6, 6.07) is 15.0. The highest BCUT2D eigenvalue weighted by Gasteiger charge is 2.23. The molecule has 0 unspecified atom stereocenters. The Kier molecular flexibility index (Phi) is 6.36. The van der Waals surface area contributed by atoms with E-state index < -0.39 is 11.9 Å². The molecule has 7 heteroatoms. The smallest absolute Gasteiger partial charge is 0.354 e. The lowest BCUT2D eigenvalue weighted by Crippen LogP contribution is -2.09. The summed E-state index contributed by atoms with van der Waals surface area (Å²) in [5.41, 5.74) is 3.38. The van der Waals surface area contributed by atoms with E-state index in [0.29, 0.717) is 24.6 Å². The van der Waals surface area contributed by atoms with Gasteiger partial charge < -0.3 is 19.4 Å². The van der Waals surface area contributed by atoms with Gasteiger partial charge in [-0.1, -0.05) is 28.1 Å². The lowest BCUT2D eigenvalue weighted by Gasteiger charge is -2.16. The van der Waals surface area contributed by atoms with Gasteiger partial charge in [0.05, 0.1) is 19.1 Å². The van der Waals surface area contributed by atoms with E-state index in [1.54, 1.807) is 26.0 Å². The van der Waals surface area contributed by atoms with Crippen LogP contribution in [0.1, 0.15) is 57.7 Å². The third-order valence-electron chi connectivity index (χ3n) is 4.23. The van der Waals surface area contributed by atoms with Gasteiger partial charge in [0, 0.05) is 15.9 Å². The highest BCUT2D eigenvalue weighted by Crippen LogP contribution is 2.32. The van der Waals surface area contributed by atoms with Crippen molar-refractivity contribution in [1.29, 1.82) is 0 Å². The second kappa shape index (κ2) is 8.93. The Bertz CT molecular complexity index is 903. The molecule has 0 radical (unpaired) electrons. The topological polar surface area (TPSA) is 84.2 Å². The second-order valence-corrected chi connectivity index (χ2v) is 7.00. The predicted octanol–water partition coefficient (Wildman–Crippen LogP) is 4.64. The minimum absolute atomic E-state index is 0.223. The number of carbonyl (C=O) groups excluding carboxylic acids is 2. The molecular weight excluding hydrogens is 424 g/mol. The summed E-state index contributed by atoms with van der Waals surface area (Å²) >= 11 is 3.45. The van der Waals surface area contributed by atoms with Gasteiger partial charge in [-0.05, 0) is 55.8 Å². The van der Waals surface area contributed by atoms with E-state index in [1.165, 1.54) is 0 Å². The van der Waals surface area contributed by atoms with Crippen LogP contribution >= 0.6 is 15.9 Å². The van der Waals surface area contributed by atoms with E-state index in [-0.39, 0.29) is 5.92 Å². The number of carbonyl (C=O) groups is 2. The van der Waals surface area contributed by atoms with Crippen LogP contribution in [0.15, 0.2) is 53.0 Å². The number of hydrogen-bond acceptors (Lipinski definition) is 4. The number of H-pyrrole nitrogens is 2. The SMILES string of the molecule is CCOC(=O)c1ccc(C(c2ccc(Br)cc2)c2ccc(C(=O)OCC)[nH]2)[nH]1. The Morgan fingerprint density at radius 2 is 1.29 bits per heavy atom. The minimum Gasteiger partial charge on any atom is -0.461 e. The summed E-state index contributed by atoms with van der Waals surface area (Å²) in [6.45, 7) is 4.15. The molecule has 3 rings (SSSR count). The van der Waals surface area contributed by atoms with Gasteiger partial charge in [0.15, 0.2) is 0 Å². The lowest BCUT2D eigenvalue weighted by molar-refractivity contribution is 0.0511. The Morgan fingerprint density at radius 1 is 0.821 bits per heavy atom. The van der Waals surface area contributed by atoms with Crippen molar-refractivity contribution in [2.75, 3.05) is 13.2 Å². The molecule has 0 fully saturated rings. The molecule has 0 bridgehead atoms. The van der Waals surface area contributed by atoms with Gasteiger partial charge in [-0.3, -0.25) is 0 Å². The Labute approximate surface area is 171 Å². The van der Waals surface area contributed by atoms with Crippen LogP contribution in [0.2, 0.25) is 0 Å². The summed E-state index contributed by atoms with van der Waals surface area (Å²) in [5, 5.41) is 0. The third kappa shape index (κ3) is 4.36. The summed E-state index contributed by atoms with van der Waals surface area (Å²) in [6.07, 6.45) is 0. The monoisotopic (exact) mass is 444 g/mol. The van der Waals surface area contributed by atoms with Crippen molar-refractivity contribution in [3.05, 3.63) is 81.3 Å². The van der Waals surface area contributed by atoms with Gasteiger partial charge in [-0.15, -0.1) is 0 Å². The van der Waals surface area contributed by atoms with Crippen LogP contribution in [-0.4, -0.2) is 35.1 Å². The standard InChI is InChI=1S/C21H21BrN2O4/c1-3-27-20(25)17-11-9-15(23-17)19(13-5-7-14(22)8-6-13)16-10-12-18(24-16)21(26)28-4-2/h5-12,19,23-24H,3-4H2,1-2H3. The van der Waals surface area contributed by atoms with Crippen molar-refractivity contribution in [1.82, 2.24) is 9.97 Å². The molecular formula is C21H21BrN2O4. The van der Waals surface area contributed by atoms with Crippen LogP contribution in [-0.2, 0) is 9.47 Å². The van der Waals surface area contributed by atoms with Crippen LogP contribution in [0, 0.1) is 0 Å². The first-order valence-corrected chi connectivity index (χ1v) is 9.80. The predicted molar refractivity (Wildman–Crippen MR) is 109 cm³/mol. The molecule has 2 heterocycles. The molecule has 2 N–H and O–H groups in total. The van der Waals surface area contributed by atoms with Gasteiger partial charge in [0.1, 0.15) is 11.4 Å². The molecule has 146 valence electrons. The van der Waals surface area contributed by atoms with Crippen LogP contribution in [0.4, 0.5) is 0 Å². The minimum atomic E-state index is -0.401. The van der Waals surface area contributed by atoms with Gasteiger partial charge >= 0.3 is 11.9 Å². The number of ether oxygens (including phenoxy) is 2. The first-order chi connectivity index (χ1) is 13.5. The number of rotatable bonds is 7. The highest BCUT2D eigenvalue weighted by atomic mass is 79.9. The van der Waals surface area contributed by atoms with Crippen molar-refractivity contribution in [3.63, 3.8) is 0 Å². The number of hydrogen-bond donors (Lipinski definition) is 2. The number of aromatic nitrogens is 2.